The highest BCUT2D eigenvalue weighted by Gasteiger charge is 2.26. The first kappa shape index (κ1) is 12.0. The number of fused-ring (bicyclic) bond motifs is 1. The van der Waals surface area contributed by atoms with Crippen LogP contribution in [-0.2, 0) is 0 Å². The second-order valence-electron chi connectivity index (χ2n) is 5.03. The van der Waals surface area contributed by atoms with Gasteiger partial charge < -0.3 is 5.32 Å². The summed E-state index contributed by atoms with van der Waals surface area (Å²) in [7, 11) is 0. The average Bonchev–Trinajstić information content (AvgIpc) is 2.85. The minimum absolute atomic E-state index is 0.436. The first-order valence-electron chi connectivity index (χ1n) is 6.72. The minimum Gasteiger partial charge on any atom is -0.316 e. The maximum absolute atomic E-state index is 4.70. The summed E-state index contributed by atoms with van der Waals surface area (Å²) >= 11 is 1.67. The molecule has 0 saturated heterocycles. The summed E-state index contributed by atoms with van der Waals surface area (Å²) in [5.74, 6) is 2.08. The zero-order chi connectivity index (χ0) is 12.5. The molecule has 1 atom stereocenters. The fraction of sp³-hybridized carbons (Fsp3) is 0.750. The Bertz CT molecular complexity index is 528. The Morgan fingerprint density at radius 3 is 2.94 bits per heavy atom. The highest BCUT2D eigenvalue weighted by atomic mass is 32.1. The molecule has 1 fully saturated rings. The Kier molecular flexibility index (Phi) is 3.30. The molecule has 1 aliphatic carbocycles. The summed E-state index contributed by atoms with van der Waals surface area (Å²) in [6.07, 6.45) is 3.79. The van der Waals surface area contributed by atoms with Crippen molar-refractivity contribution in [2.45, 2.75) is 44.9 Å². The van der Waals surface area contributed by atoms with Crippen molar-refractivity contribution in [2.75, 3.05) is 13.1 Å². The molecule has 0 aliphatic heterocycles. The summed E-state index contributed by atoms with van der Waals surface area (Å²) < 4.78 is 1.96. The third-order valence-corrected chi connectivity index (χ3v) is 4.75. The number of hydrogen-bond donors (Lipinski definition) is 1. The lowest BCUT2D eigenvalue weighted by Crippen LogP contribution is -2.19. The summed E-state index contributed by atoms with van der Waals surface area (Å²) in [4.78, 5) is 0.940. The molecular weight excluding hydrogens is 246 g/mol. The predicted octanol–water partition coefficient (Wildman–Crippen LogP) is 2.17. The molecule has 1 N–H and O–H groups in total. The van der Waals surface area contributed by atoms with Gasteiger partial charge >= 0.3 is 0 Å². The lowest BCUT2D eigenvalue weighted by Gasteiger charge is -2.22. The van der Waals surface area contributed by atoms with Crippen LogP contribution < -0.4 is 5.32 Å². The van der Waals surface area contributed by atoms with Gasteiger partial charge in [-0.25, -0.2) is 0 Å². The van der Waals surface area contributed by atoms with E-state index in [2.05, 4.69) is 29.4 Å². The highest BCUT2D eigenvalue weighted by Crippen LogP contribution is 2.36. The maximum Gasteiger partial charge on any atom is 0.234 e. The van der Waals surface area contributed by atoms with E-state index in [1.165, 1.54) is 19.3 Å². The Labute approximate surface area is 111 Å². The van der Waals surface area contributed by atoms with Crippen LogP contribution in [0.4, 0.5) is 0 Å². The Hall–Kier alpha value is -1.01. The third kappa shape index (κ3) is 2.03. The Morgan fingerprint density at radius 2 is 2.28 bits per heavy atom. The summed E-state index contributed by atoms with van der Waals surface area (Å²) in [6.45, 7) is 6.30. The number of aromatic nitrogens is 4. The average molecular weight is 265 g/mol. The van der Waals surface area contributed by atoms with Crippen LogP contribution in [0.15, 0.2) is 0 Å². The predicted molar refractivity (Wildman–Crippen MR) is 72.2 cm³/mol. The van der Waals surface area contributed by atoms with Gasteiger partial charge in [0.15, 0.2) is 5.82 Å². The summed E-state index contributed by atoms with van der Waals surface area (Å²) in [5, 5.41) is 17.8. The monoisotopic (exact) mass is 265 g/mol. The summed E-state index contributed by atoms with van der Waals surface area (Å²) in [5.41, 5.74) is 0. The third-order valence-electron chi connectivity index (χ3n) is 3.62. The zero-order valence-electron chi connectivity index (χ0n) is 10.9. The molecule has 3 rings (SSSR count). The van der Waals surface area contributed by atoms with Crippen LogP contribution in [0.25, 0.3) is 4.96 Å². The number of rotatable bonds is 5. The first-order chi connectivity index (χ1) is 8.79. The Balaban J connectivity index is 1.84. The maximum atomic E-state index is 4.70. The lowest BCUT2D eigenvalue weighted by atomic mass is 9.85. The van der Waals surface area contributed by atoms with Gasteiger partial charge in [0.1, 0.15) is 5.01 Å². The number of likely N-dealkylation sites (N-methyl/N-ethyl adjacent to an activating group) is 1. The summed E-state index contributed by atoms with van der Waals surface area (Å²) in [6, 6.07) is 0. The van der Waals surface area contributed by atoms with Crippen molar-refractivity contribution in [1.29, 1.82) is 0 Å². The van der Waals surface area contributed by atoms with Gasteiger partial charge in [0, 0.05) is 18.4 Å². The number of hydrogen-bond acceptors (Lipinski definition) is 5. The molecule has 2 aromatic heterocycles. The molecule has 0 bridgehead atoms. The molecule has 5 nitrogen and oxygen atoms in total. The molecule has 98 valence electrons. The van der Waals surface area contributed by atoms with Crippen LogP contribution in [-0.4, -0.2) is 32.9 Å². The van der Waals surface area contributed by atoms with Crippen molar-refractivity contribution in [2.24, 2.45) is 0 Å². The van der Waals surface area contributed by atoms with Crippen LogP contribution >= 0.6 is 11.3 Å². The molecule has 1 aliphatic rings. The highest BCUT2D eigenvalue weighted by molar-refractivity contribution is 7.16. The molecule has 2 heterocycles. The van der Waals surface area contributed by atoms with E-state index in [1.807, 2.05) is 4.52 Å². The van der Waals surface area contributed by atoms with Gasteiger partial charge in [0.25, 0.3) is 0 Å². The topological polar surface area (TPSA) is 55.1 Å². The molecule has 2 aromatic rings. The second-order valence-corrected chi connectivity index (χ2v) is 6.02. The number of nitrogens with zero attached hydrogens (tertiary/aromatic N) is 4. The van der Waals surface area contributed by atoms with Crippen molar-refractivity contribution in [3.05, 3.63) is 10.8 Å². The molecule has 1 unspecified atom stereocenters. The van der Waals surface area contributed by atoms with Gasteiger partial charge in [-0.05, 0) is 19.4 Å². The van der Waals surface area contributed by atoms with Gasteiger partial charge in [-0.15, -0.1) is 10.2 Å². The van der Waals surface area contributed by atoms with Crippen LogP contribution in [0, 0.1) is 0 Å². The Morgan fingerprint density at radius 1 is 1.44 bits per heavy atom. The minimum atomic E-state index is 0.436. The largest absolute Gasteiger partial charge is 0.316 e. The molecule has 0 spiro atoms. The quantitative estimate of drug-likeness (QED) is 0.900. The molecule has 0 radical (unpaired) electrons. The van der Waals surface area contributed by atoms with Crippen LogP contribution in [0.5, 0.6) is 0 Å². The molecular formula is C12H19N5S. The first-order valence-corrected chi connectivity index (χ1v) is 7.54. The van der Waals surface area contributed by atoms with E-state index in [0.29, 0.717) is 11.8 Å². The molecule has 6 heteroatoms. The van der Waals surface area contributed by atoms with Crippen LogP contribution in [0.2, 0.25) is 0 Å². The van der Waals surface area contributed by atoms with E-state index < -0.39 is 0 Å². The van der Waals surface area contributed by atoms with Gasteiger partial charge in [0.05, 0.1) is 0 Å². The number of nitrogens with one attached hydrogen (secondary N) is 1. The second kappa shape index (κ2) is 4.93. The van der Waals surface area contributed by atoms with E-state index in [1.54, 1.807) is 11.3 Å². The molecule has 0 aromatic carbocycles. The van der Waals surface area contributed by atoms with Gasteiger partial charge in [-0.1, -0.05) is 31.6 Å². The van der Waals surface area contributed by atoms with Crippen LogP contribution in [0.1, 0.15) is 55.8 Å². The molecule has 1 saturated carbocycles. The van der Waals surface area contributed by atoms with Crippen molar-refractivity contribution in [1.82, 2.24) is 25.1 Å². The fourth-order valence-corrected chi connectivity index (χ4v) is 3.11. The standard InChI is InChI=1S/C12H19N5S/c1-3-13-7-8(2)11-16-17-10(9-5-4-6-9)14-15-12(17)18-11/h8-9,13H,3-7H2,1-2H3. The normalized spacial score (nSPS) is 18.1. The van der Waals surface area contributed by atoms with Crippen molar-refractivity contribution >= 4 is 16.3 Å². The lowest BCUT2D eigenvalue weighted by molar-refractivity contribution is 0.394. The molecule has 18 heavy (non-hydrogen) atoms. The van der Waals surface area contributed by atoms with Gasteiger partial charge in [-0.3, -0.25) is 0 Å². The zero-order valence-corrected chi connectivity index (χ0v) is 11.7. The SMILES string of the molecule is CCNCC(C)c1nn2c(C3CCC3)nnc2s1. The van der Waals surface area contributed by atoms with Gasteiger partial charge in [0.2, 0.25) is 4.96 Å². The van der Waals surface area contributed by atoms with E-state index in [9.17, 15) is 0 Å². The van der Waals surface area contributed by atoms with Gasteiger partial charge in [-0.2, -0.15) is 9.61 Å². The van der Waals surface area contributed by atoms with Crippen molar-refractivity contribution in [3.8, 4) is 0 Å². The fourth-order valence-electron chi connectivity index (χ4n) is 2.22. The van der Waals surface area contributed by atoms with Crippen molar-refractivity contribution < 1.29 is 0 Å². The van der Waals surface area contributed by atoms with Crippen molar-refractivity contribution in [3.63, 3.8) is 0 Å². The molecule has 0 amide bonds. The van der Waals surface area contributed by atoms with E-state index >= 15 is 0 Å². The van der Waals surface area contributed by atoms with E-state index in [4.69, 9.17) is 5.10 Å². The van der Waals surface area contributed by atoms with E-state index in [0.717, 1.165) is 28.9 Å². The van der Waals surface area contributed by atoms with Crippen LogP contribution in [0.3, 0.4) is 0 Å². The van der Waals surface area contributed by atoms with E-state index in [-0.39, 0.29) is 0 Å². The smallest absolute Gasteiger partial charge is 0.234 e.